The van der Waals surface area contributed by atoms with E-state index in [-0.39, 0.29) is 25.0 Å². The topological polar surface area (TPSA) is 118 Å². The van der Waals surface area contributed by atoms with Crippen LogP contribution in [-0.2, 0) is 20.7 Å². The Morgan fingerprint density at radius 2 is 2.18 bits per heavy atom. The van der Waals surface area contributed by atoms with E-state index in [4.69, 9.17) is 10.5 Å². The minimum atomic E-state index is -0.515. The first-order valence-electron chi connectivity index (χ1n) is 6.78. The molecule has 8 heteroatoms. The molecule has 0 aliphatic rings. The Balaban J connectivity index is 2.39. The third kappa shape index (κ3) is 3.64. The fourth-order valence-corrected chi connectivity index (χ4v) is 3.04. The molecule has 4 N–H and O–H groups in total. The lowest BCUT2D eigenvalue weighted by atomic mass is 9.89. The van der Waals surface area contributed by atoms with Gasteiger partial charge in [-0.3, -0.25) is 19.5 Å². The Morgan fingerprint density at radius 1 is 1.41 bits per heavy atom. The quantitative estimate of drug-likeness (QED) is 0.655. The lowest BCUT2D eigenvalue weighted by Crippen LogP contribution is -2.21. The van der Waals surface area contributed by atoms with Gasteiger partial charge >= 0.3 is 5.97 Å². The fourth-order valence-electron chi connectivity index (χ4n) is 2.33. The van der Waals surface area contributed by atoms with Crippen molar-refractivity contribution < 1.29 is 14.3 Å². The fraction of sp³-hybridized carbons (Fsp3) is 0.357. The second-order valence-corrected chi connectivity index (χ2v) is 5.51. The van der Waals surface area contributed by atoms with Crippen LogP contribution in [0.5, 0.6) is 0 Å². The number of esters is 1. The largest absolute Gasteiger partial charge is 0.466 e. The van der Waals surface area contributed by atoms with E-state index in [2.05, 4.69) is 10.2 Å². The number of aromatic amines is 2. The average molecular weight is 323 g/mol. The van der Waals surface area contributed by atoms with Crippen molar-refractivity contribution in [3.63, 3.8) is 0 Å². The molecule has 0 fully saturated rings. The van der Waals surface area contributed by atoms with Crippen LogP contribution in [0, 0.1) is 0 Å². The van der Waals surface area contributed by atoms with Crippen LogP contribution in [-0.4, -0.2) is 28.7 Å². The van der Waals surface area contributed by atoms with Crippen molar-refractivity contribution in [1.82, 2.24) is 10.2 Å². The number of rotatable bonds is 7. The molecule has 0 spiro atoms. The van der Waals surface area contributed by atoms with Crippen LogP contribution < -0.4 is 11.3 Å². The minimum Gasteiger partial charge on any atom is -0.466 e. The molecule has 0 aromatic carbocycles. The number of carbonyl (C=O) groups is 2. The Hall–Kier alpha value is -2.35. The van der Waals surface area contributed by atoms with Crippen LogP contribution in [0.1, 0.15) is 36.1 Å². The van der Waals surface area contributed by atoms with Gasteiger partial charge < -0.3 is 15.6 Å². The number of nitrogens with two attached hydrogens (primary N) is 1. The first-order valence-corrected chi connectivity index (χ1v) is 7.72. The van der Waals surface area contributed by atoms with Crippen LogP contribution >= 0.6 is 11.3 Å². The van der Waals surface area contributed by atoms with E-state index in [0.717, 1.165) is 5.56 Å². The summed E-state index contributed by atoms with van der Waals surface area (Å²) >= 11 is 1.46. The van der Waals surface area contributed by atoms with E-state index >= 15 is 0 Å². The van der Waals surface area contributed by atoms with Crippen LogP contribution in [0.3, 0.4) is 0 Å². The van der Waals surface area contributed by atoms with Crippen molar-refractivity contribution in [3.05, 3.63) is 44.0 Å². The monoisotopic (exact) mass is 323 g/mol. The number of ether oxygens (including phenoxy) is 1. The zero-order valence-electron chi connectivity index (χ0n) is 12.0. The molecular formula is C14H17N3O4S. The van der Waals surface area contributed by atoms with Crippen molar-refractivity contribution in [2.75, 3.05) is 6.61 Å². The molecule has 7 nitrogen and oxygen atoms in total. The Kier molecular flexibility index (Phi) is 5.16. The third-order valence-corrected chi connectivity index (χ3v) is 3.92. The van der Waals surface area contributed by atoms with E-state index in [1.54, 1.807) is 6.92 Å². The molecule has 1 amide bonds. The predicted octanol–water partition coefficient (Wildman–Crippen LogP) is 0.877. The summed E-state index contributed by atoms with van der Waals surface area (Å²) in [6.45, 7) is 1.97. The number of nitrogens with one attached hydrogen (secondary N) is 2. The first kappa shape index (κ1) is 16.0. The molecule has 0 saturated heterocycles. The highest BCUT2D eigenvalue weighted by molar-refractivity contribution is 7.08. The number of thiophene rings is 1. The predicted molar refractivity (Wildman–Crippen MR) is 81.7 cm³/mol. The van der Waals surface area contributed by atoms with Crippen molar-refractivity contribution in [2.24, 2.45) is 5.73 Å². The van der Waals surface area contributed by atoms with Crippen LogP contribution in [0.25, 0.3) is 0 Å². The van der Waals surface area contributed by atoms with Crippen LogP contribution in [0.4, 0.5) is 0 Å². The van der Waals surface area contributed by atoms with Crippen molar-refractivity contribution in [1.29, 1.82) is 0 Å². The van der Waals surface area contributed by atoms with Gasteiger partial charge in [0, 0.05) is 17.9 Å². The Bertz CT molecular complexity index is 702. The van der Waals surface area contributed by atoms with Crippen LogP contribution in [0.2, 0.25) is 0 Å². The summed E-state index contributed by atoms with van der Waals surface area (Å²) < 4.78 is 4.90. The van der Waals surface area contributed by atoms with Gasteiger partial charge in [-0.2, -0.15) is 11.3 Å². The average Bonchev–Trinajstić information content (AvgIpc) is 3.07. The molecule has 0 aliphatic carbocycles. The maximum atomic E-state index is 12.1. The number of hydrogen-bond donors (Lipinski definition) is 3. The minimum absolute atomic E-state index is 0.00646. The second kappa shape index (κ2) is 7.08. The molecule has 0 radical (unpaired) electrons. The maximum Gasteiger partial charge on any atom is 0.311 e. The molecule has 118 valence electrons. The van der Waals surface area contributed by atoms with Gasteiger partial charge in [-0.15, -0.1) is 0 Å². The molecule has 22 heavy (non-hydrogen) atoms. The zero-order valence-corrected chi connectivity index (χ0v) is 12.9. The molecular weight excluding hydrogens is 306 g/mol. The van der Waals surface area contributed by atoms with E-state index < -0.39 is 17.8 Å². The van der Waals surface area contributed by atoms with Crippen molar-refractivity contribution in [3.8, 4) is 0 Å². The molecule has 0 aliphatic heterocycles. The highest BCUT2D eigenvalue weighted by Gasteiger charge is 2.26. The van der Waals surface area contributed by atoms with Gasteiger partial charge in [-0.1, -0.05) is 0 Å². The Morgan fingerprint density at radius 3 is 2.77 bits per heavy atom. The smallest absolute Gasteiger partial charge is 0.311 e. The molecule has 0 saturated carbocycles. The normalized spacial score (nSPS) is 12.0. The van der Waals surface area contributed by atoms with Gasteiger partial charge in [0.1, 0.15) is 0 Å². The van der Waals surface area contributed by atoms with E-state index in [0.29, 0.717) is 11.3 Å². The van der Waals surface area contributed by atoms with Gasteiger partial charge in [0.2, 0.25) is 5.91 Å². The van der Waals surface area contributed by atoms with Gasteiger partial charge in [0.05, 0.1) is 18.7 Å². The number of amides is 1. The second-order valence-electron chi connectivity index (χ2n) is 4.73. The maximum absolute atomic E-state index is 12.1. The standard InChI is InChI=1S/C14H17N3O4S/c1-2-21-12(19)6-10-13(14(20)17-16-10)9(5-11(15)18)8-3-4-22-7-8/h3-4,7,9H,2,5-6H2,1H3,(H2,15,18)(H2,16,17,20)/t9-/m0/s1. The summed E-state index contributed by atoms with van der Waals surface area (Å²) in [5.74, 6) is -1.44. The molecule has 2 rings (SSSR count). The highest BCUT2D eigenvalue weighted by Crippen LogP contribution is 2.29. The molecule has 1 atom stereocenters. The number of aromatic nitrogens is 2. The van der Waals surface area contributed by atoms with Gasteiger partial charge in [-0.05, 0) is 29.3 Å². The lowest BCUT2D eigenvalue weighted by Gasteiger charge is -2.13. The summed E-state index contributed by atoms with van der Waals surface area (Å²) in [6.07, 6.45) is -0.0746. The van der Waals surface area contributed by atoms with E-state index in [9.17, 15) is 14.4 Å². The first-order chi connectivity index (χ1) is 10.5. The number of primary amides is 1. The van der Waals surface area contributed by atoms with Crippen molar-refractivity contribution in [2.45, 2.75) is 25.7 Å². The molecule has 2 aromatic heterocycles. The third-order valence-electron chi connectivity index (χ3n) is 3.22. The van der Waals surface area contributed by atoms with Crippen LogP contribution in [0.15, 0.2) is 21.6 Å². The SMILES string of the molecule is CCOC(=O)Cc1[nH][nH]c(=O)c1[C@@H](CC(N)=O)c1ccsc1. The van der Waals surface area contributed by atoms with Gasteiger partial charge in [-0.25, -0.2) is 0 Å². The van der Waals surface area contributed by atoms with E-state index in [1.165, 1.54) is 11.3 Å². The van der Waals surface area contributed by atoms with Gasteiger partial charge in [0.25, 0.3) is 5.56 Å². The number of carbonyl (C=O) groups excluding carboxylic acids is 2. The highest BCUT2D eigenvalue weighted by atomic mass is 32.1. The summed E-state index contributed by atoms with van der Waals surface area (Å²) in [4.78, 5) is 35.1. The van der Waals surface area contributed by atoms with Crippen molar-refractivity contribution >= 4 is 23.2 Å². The molecule has 0 unspecified atom stereocenters. The van der Waals surface area contributed by atoms with E-state index in [1.807, 2.05) is 16.8 Å². The number of hydrogen-bond acceptors (Lipinski definition) is 5. The lowest BCUT2D eigenvalue weighted by molar-refractivity contribution is -0.142. The number of H-pyrrole nitrogens is 2. The summed E-state index contributed by atoms with van der Waals surface area (Å²) in [5.41, 5.74) is 6.53. The summed E-state index contributed by atoms with van der Waals surface area (Å²) in [5, 5.41) is 8.87. The summed E-state index contributed by atoms with van der Waals surface area (Å²) in [7, 11) is 0. The molecule has 0 bridgehead atoms. The molecule has 2 heterocycles. The molecule has 2 aromatic rings. The zero-order chi connectivity index (χ0) is 16.1. The Labute approximate surface area is 130 Å². The summed E-state index contributed by atoms with van der Waals surface area (Å²) in [6, 6.07) is 1.83. The van der Waals surface area contributed by atoms with Gasteiger partial charge in [0.15, 0.2) is 0 Å².